The van der Waals surface area contributed by atoms with Gasteiger partial charge in [-0.3, -0.25) is 9.59 Å². The topological polar surface area (TPSA) is 73.2 Å². The predicted molar refractivity (Wildman–Crippen MR) is 99.8 cm³/mol. The van der Waals surface area contributed by atoms with Gasteiger partial charge >= 0.3 is 6.18 Å². The Morgan fingerprint density at radius 1 is 1.14 bits per heavy atom. The zero-order valence-corrected chi connectivity index (χ0v) is 15.2. The highest BCUT2D eigenvalue weighted by Gasteiger charge is 2.34. The quantitative estimate of drug-likeness (QED) is 0.699. The molecule has 150 valence electrons. The van der Waals surface area contributed by atoms with E-state index in [4.69, 9.17) is 4.74 Å². The number of rotatable bonds is 5. The third-order valence-electron chi connectivity index (χ3n) is 3.88. The highest BCUT2D eigenvalue weighted by atomic mass is 19.4. The fraction of sp³-hybridized carbons (Fsp3) is 0.150. The zero-order valence-electron chi connectivity index (χ0n) is 15.2. The van der Waals surface area contributed by atoms with Gasteiger partial charge in [-0.15, -0.1) is 0 Å². The SMILES string of the molecule is Cc1ccc(Oc2ccc(NC(=O)Cn3cccc(C(F)(F)F)c3=O)cc2)nc1. The molecule has 0 fully saturated rings. The Kier molecular flexibility index (Phi) is 5.67. The van der Waals surface area contributed by atoms with Crippen LogP contribution in [0.25, 0.3) is 0 Å². The van der Waals surface area contributed by atoms with E-state index in [-0.39, 0.29) is 0 Å². The van der Waals surface area contributed by atoms with Crippen molar-refractivity contribution >= 4 is 11.6 Å². The Hall–Kier alpha value is -3.62. The molecule has 1 N–H and O–H groups in total. The minimum atomic E-state index is -4.78. The number of carbonyl (C=O) groups is 1. The van der Waals surface area contributed by atoms with Gasteiger partial charge < -0.3 is 14.6 Å². The van der Waals surface area contributed by atoms with Crippen LogP contribution in [0.15, 0.2) is 65.7 Å². The summed E-state index contributed by atoms with van der Waals surface area (Å²) < 4.78 is 44.7. The monoisotopic (exact) mass is 403 g/mol. The lowest BCUT2D eigenvalue weighted by Gasteiger charge is -2.11. The van der Waals surface area contributed by atoms with Crippen molar-refractivity contribution in [2.45, 2.75) is 19.6 Å². The molecule has 2 heterocycles. The summed E-state index contributed by atoms with van der Waals surface area (Å²) in [6, 6.07) is 11.7. The normalized spacial score (nSPS) is 11.2. The van der Waals surface area contributed by atoms with E-state index in [0.29, 0.717) is 28.0 Å². The van der Waals surface area contributed by atoms with E-state index in [9.17, 15) is 22.8 Å². The van der Waals surface area contributed by atoms with Crippen LogP contribution in [0.4, 0.5) is 18.9 Å². The first-order valence-corrected chi connectivity index (χ1v) is 8.49. The molecule has 9 heteroatoms. The van der Waals surface area contributed by atoms with Crippen LogP contribution in [0, 0.1) is 6.92 Å². The summed E-state index contributed by atoms with van der Waals surface area (Å²) in [6.45, 7) is 1.36. The number of pyridine rings is 2. The van der Waals surface area contributed by atoms with E-state index in [1.54, 1.807) is 36.5 Å². The Morgan fingerprint density at radius 3 is 2.48 bits per heavy atom. The first-order chi connectivity index (χ1) is 13.7. The molecule has 0 unspecified atom stereocenters. The minimum Gasteiger partial charge on any atom is -0.439 e. The van der Waals surface area contributed by atoms with Gasteiger partial charge in [0.15, 0.2) is 0 Å². The molecule has 0 radical (unpaired) electrons. The smallest absolute Gasteiger partial charge is 0.421 e. The number of hydrogen-bond donors (Lipinski definition) is 1. The number of alkyl halides is 3. The molecular weight excluding hydrogens is 387 g/mol. The van der Waals surface area contributed by atoms with Gasteiger partial charge in [-0.25, -0.2) is 4.98 Å². The molecule has 6 nitrogen and oxygen atoms in total. The molecule has 0 aliphatic rings. The maximum absolute atomic E-state index is 12.8. The highest BCUT2D eigenvalue weighted by molar-refractivity contribution is 5.90. The maximum Gasteiger partial charge on any atom is 0.421 e. The van der Waals surface area contributed by atoms with Gasteiger partial charge in [-0.05, 0) is 48.9 Å². The van der Waals surface area contributed by atoms with E-state index in [1.165, 1.54) is 0 Å². The Bertz CT molecular complexity index is 1060. The number of nitrogens with one attached hydrogen (secondary N) is 1. The first-order valence-electron chi connectivity index (χ1n) is 8.49. The molecule has 1 amide bonds. The number of hydrogen-bond acceptors (Lipinski definition) is 4. The van der Waals surface area contributed by atoms with Crippen LogP contribution in [-0.2, 0) is 17.5 Å². The maximum atomic E-state index is 12.8. The molecule has 29 heavy (non-hydrogen) atoms. The van der Waals surface area contributed by atoms with E-state index >= 15 is 0 Å². The van der Waals surface area contributed by atoms with Crippen molar-refractivity contribution in [3.63, 3.8) is 0 Å². The summed E-state index contributed by atoms with van der Waals surface area (Å²) in [5, 5.41) is 2.52. The third kappa shape index (κ3) is 5.22. The van der Waals surface area contributed by atoms with Crippen LogP contribution in [0.3, 0.4) is 0 Å². The van der Waals surface area contributed by atoms with Crippen LogP contribution in [0.5, 0.6) is 11.6 Å². The van der Waals surface area contributed by atoms with Crippen molar-refractivity contribution < 1.29 is 22.7 Å². The molecule has 0 spiro atoms. The van der Waals surface area contributed by atoms with E-state index in [1.807, 2.05) is 13.0 Å². The van der Waals surface area contributed by atoms with E-state index in [2.05, 4.69) is 10.3 Å². The van der Waals surface area contributed by atoms with Crippen molar-refractivity contribution in [3.8, 4) is 11.6 Å². The third-order valence-corrected chi connectivity index (χ3v) is 3.88. The van der Waals surface area contributed by atoms with Gasteiger partial charge in [-0.2, -0.15) is 13.2 Å². The fourth-order valence-electron chi connectivity index (χ4n) is 2.47. The lowest BCUT2D eigenvalue weighted by molar-refractivity contribution is -0.139. The van der Waals surface area contributed by atoms with Crippen molar-refractivity contribution in [1.82, 2.24) is 9.55 Å². The number of amides is 1. The Labute approximate surface area is 163 Å². The molecule has 1 aromatic carbocycles. The standard InChI is InChI=1S/C20H16F3N3O3/c1-13-4-9-18(24-11-13)29-15-7-5-14(6-8-15)25-17(27)12-26-10-2-3-16(19(26)28)20(21,22)23/h2-11H,12H2,1H3,(H,25,27). The molecule has 0 bridgehead atoms. The molecule has 0 saturated heterocycles. The molecule has 0 aliphatic heterocycles. The lowest BCUT2D eigenvalue weighted by atomic mass is 10.2. The van der Waals surface area contributed by atoms with Crippen molar-refractivity contribution in [2.24, 2.45) is 0 Å². The van der Waals surface area contributed by atoms with Crippen LogP contribution in [-0.4, -0.2) is 15.5 Å². The summed E-state index contributed by atoms with van der Waals surface area (Å²) in [4.78, 5) is 28.1. The van der Waals surface area contributed by atoms with Gasteiger partial charge in [0.1, 0.15) is 17.9 Å². The molecule has 3 aromatic rings. The highest BCUT2D eigenvalue weighted by Crippen LogP contribution is 2.26. The number of aryl methyl sites for hydroxylation is 1. The number of benzene rings is 1. The lowest BCUT2D eigenvalue weighted by Crippen LogP contribution is -2.31. The van der Waals surface area contributed by atoms with Gasteiger partial charge in [0, 0.05) is 24.1 Å². The minimum absolute atomic E-state index is 0.402. The number of anilines is 1. The molecule has 0 saturated carbocycles. The average Bonchev–Trinajstić information content (AvgIpc) is 2.66. The molecule has 0 atom stereocenters. The first kappa shape index (κ1) is 20.1. The summed E-state index contributed by atoms with van der Waals surface area (Å²) in [5.74, 6) is 0.269. The fourth-order valence-corrected chi connectivity index (χ4v) is 2.47. The van der Waals surface area contributed by atoms with E-state index in [0.717, 1.165) is 17.8 Å². The van der Waals surface area contributed by atoms with Crippen molar-refractivity contribution in [2.75, 3.05) is 5.32 Å². The summed E-state index contributed by atoms with van der Waals surface area (Å²) in [5.41, 5.74) is -1.20. The molecule has 2 aromatic heterocycles. The second-order valence-electron chi connectivity index (χ2n) is 6.20. The van der Waals surface area contributed by atoms with Crippen molar-refractivity contribution in [3.05, 3.63) is 82.4 Å². The molecule has 0 aliphatic carbocycles. The largest absolute Gasteiger partial charge is 0.439 e. The number of nitrogens with zero attached hydrogens (tertiary/aromatic N) is 2. The summed E-state index contributed by atoms with van der Waals surface area (Å²) in [6.07, 6.45) is -1.99. The summed E-state index contributed by atoms with van der Waals surface area (Å²) >= 11 is 0. The van der Waals surface area contributed by atoms with Gasteiger partial charge in [0.25, 0.3) is 5.56 Å². The van der Waals surface area contributed by atoms with Crippen LogP contribution in [0.1, 0.15) is 11.1 Å². The predicted octanol–water partition coefficient (Wildman–Crippen LogP) is 4.00. The summed E-state index contributed by atoms with van der Waals surface area (Å²) in [7, 11) is 0. The Morgan fingerprint density at radius 2 is 1.86 bits per heavy atom. The van der Waals surface area contributed by atoms with Crippen LogP contribution >= 0.6 is 0 Å². The number of aromatic nitrogens is 2. The second kappa shape index (κ2) is 8.17. The molecular formula is C20H16F3N3O3. The number of ether oxygens (including phenoxy) is 1. The van der Waals surface area contributed by atoms with Gasteiger partial charge in [0.05, 0.1) is 0 Å². The number of halogens is 3. The zero-order chi connectivity index (χ0) is 21.0. The van der Waals surface area contributed by atoms with Gasteiger partial charge in [0.2, 0.25) is 11.8 Å². The Balaban J connectivity index is 1.64. The van der Waals surface area contributed by atoms with E-state index < -0.39 is 29.8 Å². The molecule has 3 rings (SSSR count). The van der Waals surface area contributed by atoms with Crippen molar-refractivity contribution in [1.29, 1.82) is 0 Å². The second-order valence-corrected chi connectivity index (χ2v) is 6.20. The average molecular weight is 403 g/mol. The van der Waals surface area contributed by atoms with Gasteiger partial charge in [-0.1, -0.05) is 6.07 Å². The van der Waals surface area contributed by atoms with Crippen LogP contribution < -0.4 is 15.6 Å². The van der Waals surface area contributed by atoms with Crippen LogP contribution in [0.2, 0.25) is 0 Å². The number of carbonyl (C=O) groups excluding carboxylic acids is 1.